The number of aromatic nitrogens is 2. The van der Waals surface area contributed by atoms with Crippen molar-refractivity contribution >= 4 is 11.6 Å². The Kier molecular flexibility index (Phi) is 4.18. The predicted molar refractivity (Wildman–Crippen MR) is 78.3 cm³/mol. The Bertz CT molecular complexity index is 691. The molecule has 0 aliphatic rings. The topological polar surface area (TPSA) is 72.9 Å². The van der Waals surface area contributed by atoms with E-state index in [1.165, 1.54) is 4.68 Å². The fraction of sp³-hybridized carbons (Fsp3) is 0.200. The summed E-state index contributed by atoms with van der Waals surface area (Å²) in [5.74, 6) is 5.53. The van der Waals surface area contributed by atoms with Gasteiger partial charge in [-0.25, -0.2) is 0 Å². The van der Waals surface area contributed by atoms with Gasteiger partial charge in [-0.3, -0.25) is 9.48 Å². The molecule has 0 spiro atoms. The Morgan fingerprint density at radius 2 is 2.25 bits per heavy atom. The van der Waals surface area contributed by atoms with E-state index in [0.717, 1.165) is 11.1 Å². The van der Waals surface area contributed by atoms with Crippen LogP contribution in [-0.2, 0) is 7.05 Å². The summed E-state index contributed by atoms with van der Waals surface area (Å²) in [5.41, 5.74) is 8.34. The standard InChI is InChI=1S/C15H16N4O/c1-11-5-6-12(4-3-8-16)13(10-11)18-15(20)14-7-9-17-19(14)2/h5-7,9-10H,8,16H2,1-2H3,(H,18,20). The van der Waals surface area contributed by atoms with Crippen LogP contribution in [-0.4, -0.2) is 22.2 Å². The average molecular weight is 268 g/mol. The molecule has 0 aliphatic carbocycles. The summed E-state index contributed by atoms with van der Waals surface area (Å²) in [4.78, 5) is 12.2. The van der Waals surface area contributed by atoms with E-state index in [2.05, 4.69) is 22.3 Å². The number of hydrogen-bond donors (Lipinski definition) is 2. The van der Waals surface area contributed by atoms with Gasteiger partial charge >= 0.3 is 0 Å². The van der Waals surface area contributed by atoms with E-state index in [-0.39, 0.29) is 12.5 Å². The van der Waals surface area contributed by atoms with Crippen molar-refractivity contribution in [1.29, 1.82) is 0 Å². The molecule has 1 amide bonds. The Morgan fingerprint density at radius 3 is 2.90 bits per heavy atom. The zero-order chi connectivity index (χ0) is 14.5. The van der Waals surface area contributed by atoms with E-state index in [1.807, 2.05) is 25.1 Å². The van der Waals surface area contributed by atoms with E-state index >= 15 is 0 Å². The van der Waals surface area contributed by atoms with Crippen LogP contribution in [0.3, 0.4) is 0 Å². The van der Waals surface area contributed by atoms with Crippen molar-refractivity contribution < 1.29 is 4.79 Å². The van der Waals surface area contributed by atoms with Gasteiger partial charge in [-0.2, -0.15) is 5.10 Å². The molecule has 0 fully saturated rings. The number of carbonyl (C=O) groups is 1. The van der Waals surface area contributed by atoms with Crippen molar-refractivity contribution in [3.8, 4) is 11.8 Å². The zero-order valence-corrected chi connectivity index (χ0v) is 11.5. The molecular formula is C15H16N4O. The van der Waals surface area contributed by atoms with Crippen molar-refractivity contribution in [2.75, 3.05) is 11.9 Å². The van der Waals surface area contributed by atoms with Crippen LogP contribution in [0.2, 0.25) is 0 Å². The molecule has 5 nitrogen and oxygen atoms in total. The van der Waals surface area contributed by atoms with Gasteiger partial charge in [0.1, 0.15) is 5.69 Å². The Balaban J connectivity index is 2.31. The van der Waals surface area contributed by atoms with Gasteiger partial charge < -0.3 is 11.1 Å². The van der Waals surface area contributed by atoms with E-state index in [4.69, 9.17) is 5.73 Å². The van der Waals surface area contributed by atoms with Crippen LogP contribution < -0.4 is 11.1 Å². The predicted octanol–water partition coefficient (Wildman–Crippen LogP) is 1.29. The molecule has 5 heteroatoms. The minimum Gasteiger partial charge on any atom is -0.320 e. The van der Waals surface area contributed by atoms with Crippen LogP contribution in [0.25, 0.3) is 0 Å². The number of amides is 1. The highest BCUT2D eigenvalue weighted by atomic mass is 16.2. The summed E-state index contributed by atoms with van der Waals surface area (Å²) in [6, 6.07) is 7.36. The lowest BCUT2D eigenvalue weighted by atomic mass is 10.1. The minimum absolute atomic E-state index is 0.216. The van der Waals surface area contributed by atoms with Crippen molar-refractivity contribution in [2.24, 2.45) is 12.8 Å². The number of nitrogens with two attached hydrogens (primary N) is 1. The number of benzene rings is 1. The van der Waals surface area contributed by atoms with E-state index in [1.54, 1.807) is 19.3 Å². The monoisotopic (exact) mass is 268 g/mol. The largest absolute Gasteiger partial charge is 0.320 e. The molecule has 1 aromatic heterocycles. The number of carbonyl (C=O) groups excluding carboxylic acids is 1. The first-order chi connectivity index (χ1) is 9.61. The molecule has 0 saturated heterocycles. The molecule has 0 bridgehead atoms. The second-order valence-electron chi connectivity index (χ2n) is 4.35. The summed E-state index contributed by atoms with van der Waals surface area (Å²) in [6.45, 7) is 2.24. The summed E-state index contributed by atoms with van der Waals surface area (Å²) >= 11 is 0. The second kappa shape index (κ2) is 6.04. The first-order valence-corrected chi connectivity index (χ1v) is 6.20. The molecule has 2 aromatic rings. The first-order valence-electron chi connectivity index (χ1n) is 6.20. The fourth-order valence-electron chi connectivity index (χ4n) is 1.80. The lowest BCUT2D eigenvalue weighted by molar-refractivity contribution is 0.101. The van der Waals surface area contributed by atoms with E-state index in [9.17, 15) is 4.79 Å². The molecule has 0 atom stereocenters. The number of rotatable bonds is 2. The van der Waals surface area contributed by atoms with Gasteiger partial charge in [0, 0.05) is 18.8 Å². The van der Waals surface area contributed by atoms with Gasteiger partial charge in [-0.05, 0) is 30.7 Å². The molecule has 0 aliphatic heterocycles. The molecule has 0 unspecified atom stereocenters. The fourth-order valence-corrected chi connectivity index (χ4v) is 1.80. The third-order valence-electron chi connectivity index (χ3n) is 2.80. The van der Waals surface area contributed by atoms with Crippen LogP contribution in [0.4, 0.5) is 5.69 Å². The number of nitrogens with one attached hydrogen (secondary N) is 1. The molecule has 20 heavy (non-hydrogen) atoms. The van der Waals surface area contributed by atoms with Crippen LogP contribution in [0.5, 0.6) is 0 Å². The third kappa shape index (κ3) is 3.05. The van der Waals surface area contributed by atoms with Gasteiger partial charge in [-0.1, -0.05) is 17.9 Å². The summed E-state index contributed by atoms with van der Waals surface area (Å²) in [6.07, 6.45) is 1.58. The van der Waals surface area contributed by atoms with E-state index in [0.29, 0.717) is 11.4 Å². The zero-order valence-electron chi connectivity index (χ0n) is 11.5. The second-order valence-corrected chi connectivity index (χ2v) is 4.35. The average Bonchev–Trinajstić information content (AvgIpc) is 2.84. The maximum atomic E-state index is 12.2. The lowest BCUT2D eigenvalue weighted by Gasteiger charge is -2.08. The van der Waals surface area contributed by atoms with Crippen LogP contribution in [0.15, 0.2) is 30.5 Å². The first kappa shape index (κ1) is 13.8. The van der Waals surface area contributed by atoms with Gasteiger partial charge in [0.05, 0.1) is 12.2 Å². The Hall–Kier alpha value is -2.58. The molecular weight excluding hydrogens is 252 g/mol. The Labute approximate surface area is 117 Å². The number of hydrogen-bond acceptors (Lipinski definition) is 3. The SMILES string of the molecule is Cc1ccc(C#CCN)c(NC(=O)c2ccnn2C)c1. The van der Waals surface area contributed by atoms with Gasteiger partial charge in [-0.15, -0.1) is 0 Å². The van der Waals surface area contributed by atoms with Crippen LogP contribution in [0.1, 0.15) is 21.6 Å². The summed E-state index contributed by atoms with van der Waals surface area (Å²) in [5, 5.41) is 6.84. The highest BCUT2D eigenvalue weighted by Gasteiger charge is 2.11. The maximum absolute atomic E-state index is 12.2. The highest BCUT2D eigenvalue weighted by molar-refractivity contribution is 6.03. The van der Waals surface area contributed by atoms with Gasteiger partial charge in [0.2, 0.25) is 0 Å². The van der Waals surface area contributed by atoms with Crippen molar-refractivity contribution in [1.82, 2.24) is 9.78 Å². The van der Waals surface area contributed by atoms with Crippen molar-refractivity contribution in [2.45, 2.75) is 6.92 Å². The molecule has 1 heterocycles. The third-order valence-corrected chi connectivity index (χ3v) is 2.80. The quantitative estimate of drug-likeness (QED) is 0.806. The smallest absolute Gasteiger partial charge is 0.273 e. The van der Waals surface area contributed by atoms with Crippen molar-refractivity contribution in [3.63, 3.8) is 0 Å². The molecule has 1 aromatic carbocycles. The van der Waals surface area contributed by atoms with Crippen molar-refractivity contribution in [3.05, 3.63) is 47.3 Å². The highest BCUT2D eigenvalue weighted by Crippen LogP contribution is 2.17. The molecule has 0 saturated carbocycles. The molecule has 3 N–H and O–H groups in total. The lowest BCUT2D eigenvalue weighted by Crippen LogP contribution is -2.16. The van der Waals surface area contributed by atoms with Crippen LogP contribution in [0, 0.1) is 18.8 Å². The Morgan fingerprint density at radius 1 is 1.45 bits per heavy atom. The number of nitrogens with zero attached hydrogens (tertiary/aromatic N) is 2. The number of anilines is 1. The van der Waals surface area contributed by atoms with E-state index < -0.39 is 0 Å². The number of aryl methyl sites for hydroxylation is 2. The molecule has 102 valence electrons. The normalized spacial score (nSPS) is 9.75. The summed E-state index contributed by atoms with van der Waals surface area (Å²) in [7, 11) is 1.72. The summed E-state index contributed by atoms with van der Waals surface area (Å²) < 4.78 is 1.52. The van der Waals surface area contributed by atoms with Gasteiger partial charge in [0.25, 0.3) is 5.91 Å². The maximum Gasteiger partial charge on any atom is 0.273 e. The minimum atomic E-state index is -0.216. The van der Waals surface area contributed by atoms with Crippen LogP contribution >= 0.6 is 0 Å². The molecule has 2 rings (SSSR count). The molecule has 0 radical (unpaired) electrons. The van der Waals surface area contributed by atoms with Gasteiger partial charge in [0.15, 0.2) is 0 Å².